The number of aryl methyl sites for hydroxylation is 1. The van der Waals surface area contributed by atoms with Crippen molar-refractivity contribution in [2.24, 2.45) is 0 Å². The number of ether oxygens (including phenoxy) is 1. The third kappa shape index (κ3) is 3.36. The van der Waals surface area contributed by atoms with Crippen molar-refractivity contribution in [3.8, 4) is 0 Å². The molecule has 2 rings (SSSR count). The van der Waals surface area contributed by atoms with E-state index in [0.29, 0.717) is 31.6 Å². The molecular weight excluding hydrogens is 282 g/mol. The second-order valence-electron chi connectivity index (χ2n) is 4.79. The lowest BCUT2D eigenvalue weighted by molar-refractivity contribution is 0.0696. The Kier molecular flexibility index (Phi) is 4.42. The quantitative estimate of drug-likeness (QED) is 0.870. The first kappa shape index (κ1) is 15.0. The van der Waals surface area contributed by atoms with Crippen molar-refractivity contribution in [1.82, 2.24) is 4.72 Å². The molecule has 1 saturated heterocycles. The lowest BCUT2D eigenvalue weighted by Gasteiger charge is -2.23. The van der Waals surface area contributed by atoms with E-state index in [1.807, 2.05) is 0 Å². The molecule has 1 heterocycles. The molecule has 0 aliphatic carbocycles. The van der Waals surface area contributed by atoms with Crippen molar-refractivity contribution in [2.45, 2.75) is 30.7 Å². The third-order valence-corrected chi connectivity index (χ3v) is 4.81. The summed E-state index contributed by atoms with van der Waals surface area (Å²) in [4.78, 5) is 11.0. The topological polar surface area (TPSA) is 92.7 Å². The Morgan fingerprint density at radius 1 is 1.35 bits per heavy atom. The molecule has 1 fully saturated rings. The van der Waals surface area contributed by atoms with Crippen LogP contribution in [-0.2, 0) is 14.8 Å². The molecule has 2 N–H and O–H groups in total. The van der Waals surface area contributed by atoms with Gasteiger partial charge in [0.2, 0.25) is 10.0 Å². The van der Waals surface area contributed by atoms with E-state index in [-0.39, 0.29) is 16.5 Å². The van der Waals surface area contributed by atoms with Crippen molar-refractivity contribution >= 4 is 16.0 Å². The van der Waals surface area contributed by atoms with Crippen molar-refractivity contribution in [3.05, 3.63) is 29.3 Å². The summed E-state index contributed by atoms with van der Waals surface area (Å²) in [6.45, 7) is 2.69. The van der Waals surface area contributed by atoms with Crippen LogP contribution in [0.2, 0.25) is 0 Å². The van der Waals surface area contributed by atoms with Crippen LogP contribution < -0.4 is 4.72 Å². The molecule has 1 aliphatic rings. The zero-order chi connectivity index (χ0) is 14.8. The molecule has 1 aromatic carbocycles. The van der Waals surface area contributed by atoms with Gasteiger partial charge in [0.15, 0.2) is 0 Å². The van der Waals surface area contributed by atoms with Gasteiger partial charge in [-0.25, -0.2) is 17.9 Å². The molecule has 0 saturated carbocycles. The molecule has 0 bridgehead atoms. The molecule has 0 unspecified atom stereocenters. The number of sulfonamides is 1. The fourth-order valence-electron chi connectivity index (χ4n) is 2.10. The molecule has 0 spiro atoms. The number of rotatable bonds is 4. The minimum absolute atomic E-state index is 0.000137. The largest absolute Gasteiger partial charge is 0.478 e. The highest BCUT2D eigenvalue weighted by Gasteiger charge is 2.23. The van der Waals surface area contributed by atoms with E-state index in [1.54, 1.807) is 6.92 Å². The van der Waals surface area contributed by atoms with Crippen LogP contribution in [0, 0.1) is 6.92 Å². The SMILES string of the molecule is Cc1ccc(S(=O)(=O)NC2CCOCC2)cc1C(=O)O. The number of hydrogen-bond acceptors (Lipinski definition) is 4. The van der Waals surface area contributed by atoms with E-state index in [0.717, 1.165) is 0 Å². The normalized spacial score (nSPS) is 17.1. The monoisotopic (exact) mass is 299 g/mol. The molecule has 0 amide bonds. The minimum atomic E-state index is -3.70. The Bertz CT molecular complexity index is 605. The molecule has 0 radical (unpaired) electrons. The predicted octanol–water partition coefficient (Wildman–Crippen LogP) is 1.15. The number of benzene rings is 1. The average Bonchev–Trinajstić information content (AvgIpc) is 2.39. The second-order valence-corrected chi connectivity index (χ2v) is 6.50. The maximum absolute atomic E-state index is 12.2. The number of carbonyl (C=O) groups is 1. The first-order valence-electron chi connectivity index (χ1n) is 6.34. The van der Waals surface area contributed by atoms with Gasteiger partial charge in [-0.15, -0.1) is 0 Å². The van der Waals surface area contributed by atoms with Gasteiger partial charge in [-0.2, -0.15) is 0 Å². The summed E-state index contributed by atoms with van der Waals surface area (Å²) in [5.41, 5.74) is 0.530. The summed E-state index contributed by atoms with van der Waals surface area (Å²) in [6, 6.07) is 3.95. The van der Waals surface area contributed by atoms with Crippen LogP contribution in [0.4, 0.5) is 0 Å². The summed E-state index contributed by atoms with van der Waals surface area (Å²) < 4.78 is 32.3. The van der Waals surface area contributed by atoms with E-state index in [4.69, 9.17) is 9.84 Å². The fraction of sp³-hybridized carbons (Fsp3) is 0.462. The number of nitrogens with one attached hydrogen (secondary N) is 1. The maximum Gasteiger partial charge on any atom is 0.335 e. The summed E-state index contributed by atoms with van der Waals surface area (Å²) in [5, 5.41) is 9.05. The van der Waals surface area contributed by atoms with Gasteiger partial charge in [-0.05, 0) is 37.5 Å². The summed E-state index contributed by atoms with van der Waals surface area (Å²) in [5.74, 6) is -1.13. The molecule has 110 valence electrons. The predicted molar refractivity (Wildman–Crippen MR) is 72.3 cm³/mol. The molecule has 6 nitrogen and oxygen atoms in total. The Hall–Kier alpha value is -1.44. The molecule has 7 heteroatoms. The van der Waals surface area contributed by atoms with E-state index in [1.165, 1.54) is 18.2 Å². The van der Waals surface area contributed by atoms with Gasteiger partial charge < -0.3 is 9.84 Å². The van der Waals surface area contributed by atoms with E-state index < -0.39 is 16.0 Å². The standard InChI is InChI=1S/C13H17NO5S/c1-9-2-3-11(8-12(9)13(15)16)20(17,18)14-10-4-6-19-7-5-10/h2-3,8,10,14H,4-7H2,1H3,(H,15,16). The molecule has 0 aromatic heterocycles. The number of carboxylic acid groups (broad SMARTS) is 1. The Labute approximate surface area is 117 Å². The lowest BCUT2D eigenvalue weighted by atomic mass is 10.1. The van der Waals surface area contributed by atoms with Crippen LogP contribution in [-0.4, -0.2) is 38.7 Å². The number of carboxylic acids is 1. The summed E-state index contributed by atoms with van der Waals surface area (Å²) >= 11 is 0. The van der Waals surface area contributed by atoms with Gasteiger partial charge in [0, 0.05) is 19.3 Å². The van der Waals surface area contributed by atoms with Gasteiger partial charge in [0.1, 0.15) is 0 Å². The maximum atomic E-state index is 12.2. The van der Waals surface area contributed by atoms with E-state index >= 15 is 0 Å². The van der Waals surface area contributed by atoms with Crippen LogP contribution in [0.1, 0.15) is 28.8 Å². The highest BCUT2D eigenvalue weighted by molar-refractivity contribution is 7.89. The van der Waals surface area contributed by atoms with E-state index in [9.17, 15) is 13.2 Å². The van der Waals surface area contributed by atoms with Crippen LogP contribution >= 0.6 is 0 Å². The van der Waals surface area contributed by atoms with Gasteiger partial charge in [0.25, 0.3) is 0 Å². The van der Waals surface area contributed by atoms with Gasteiger partial charge in [0.05, 0.1) is 10.5 Å². The van der Waals surface area contributed by atoms with Gasteiger partial charge >= 0.3 is 5.97 Å². The number of hydrogen-bond donors (Lipinski definition) is 2. The van der Waals surface area contributed by atoms with E-state index in [2.05, 4.69) is 4.72 Å². The van der Waals surface area contributed by atoms with Gasteiger partial charge in [-0.1, -0.05) is 6.07 Å². The third-order valence-electron chi connectivity index (χ3n) is 3.29. The van der Waals surface area contributed by atoms with Crippen molar-refractivity contribution in [1.29, 1.82) is 0 Å². The zero-order valence-corrected chi connectivity index (χ0v) is 11.9. The average molecular weight is 299 g/mol. The second kappa shape index (κ2) is 5.90. The van der Waals surface area contributed by atoms with Crippen LogP contribution in [0.15, 0.2) is 23.1 Å². The Morgan fingerprint density at radius 2 is 2.00 bits per heavy atom. The van der Waals surface area contributed by atoms with Crippen molar-refractivity contribution in [3.63, 3.8) is 0 Å². The summed E-state index contributed by atoms with van der Waals surface area (Å²) in [7, 11) is -3.70. The first-order chi connectivity index (χ1) is 9.40. The van der Waals surface area contributed by atoms with Crippen LogP contribution in [0.25, 0.3) is 0 Å². The highest BCUT2D eigenvalue weighted by Crippen LogP contribution is 2.17. The summed E-state index contributed by atoms with van der Waals surface area (Å²) in [6.07, 6.45) is 1.24. The Balaban J connectivity index is 2.24. The lowest BCUT2D eigenvalue weighted by Crippen LogP contribution is -2.38. The fourth-order valence-corrected chi connectivity index (χ4v) is 3.43. The van der Waals surface area contributed by atoms with Crippen LogP contribution in [0.3, 0.4) is 0 Å². The van der Waals surface area contributed by atoms with Gasteiger partial charge in [-0.3, -0.25) is 0 Å². The number of aromatic carboxylic acids is 1. The zero-order valence-electron chi connectivity index (χ0n) is 11.1. The smallest absolute Gasteiger partial charge is 0.335 e. The molecule has 1 aromatic rings. The van der Waals surface area contributed by atoms with Crippen LogP contribution in [0.5, 0.6) is 0 Å². The molecule has 20 heavy (non-hydrogen) atoms. The minimum Gasteiger partial charge on any atom is -0.478 e. The molecular formula is C13H17NO5S. The molecule has 0 atom stereocenters. The Morgan fingerprint density at radius 3 is 2.60 bits per heavy atom. The van der Waals surface area contributed by atoms with Crippen molar-refractivity contribution in [2.75, 3.05) is 13.2 Å². The molecule has 1 aliphatic heterocycles. The highest BCUT2D eigenvalue weighted by atomic mass is 32.2. The first-order valence-corrected chi connectivity index (χ1v) is 7.82. The van der Waals surface area contributed by atoms with Crippen molar-refractivity contribution < 1.29 is 23.1 Å².